The number of morpholine rings is 1. The predicted octanol–water partition coefficient (Wildman–Crippen LogP) is 0.145. The first-order valence-electron chi connectivity index (χ1n) is 9.45. The van der Waals surface area contributed by atoms with Gasteiger partial charge in [0.1, 0.15) is 0 Å². The molecule has 1 aromatic heterocycles. The molecule has 2 aromatic rings. The molecule has 0 aliphatic carbocycles. The van der Waals surface area contributed by atoms with Gasteiger partial charge in [0.2, 0.25) is 15.9 Å². The third-order valence-electron chi connectivity index (χ3n) is 5.11. The van der Waals surface area contributed by atoms with Crippen LogP contribution in [0.5, 0.6) is 0 Å². The first-order chi connectivity index (χ1) is 13.9. The van der Waals surface area contributed by atoms with Crippen LogP contribution >= 0.6 is 0 Å². The van der Waals surface area contributed by atoms with Crippen molar-refractivity contribution >= 4 is 15.9 Å². The summed E-state index contributed by atoms with van der Waals surface area (Å²) in [6, 6.07) is 6.22. The van der Waals surface area contributed by atoms with Crippen molar-refractivity contribution in [3.05, 3.63) is 30.2 Å². The topological polar surface area (TPSA) is 109 Å². The molecule has 10 nitrogen and oxygen atoms in total. The Morgan fingerprint density at radius 2 is 1.62 bits per heavy atom. The molecule has 11 heteroatoms. The molecule has 4 rings (SSSR count). The summed E-state index contributed by atoms with van der Waals surface area (Å²) in [5.74, 6) is -0.171. The van der Waals surface area contributed by atoms with Crippen LogP contribution in [0.3, 0.4) is 0 Å². The van der Waals surface area contributed by atoms with E-state index >= 15 is 0 Å². The fraction of sp³-hybridized carbons (Fsp3) is 0.500. The lowest BCUT2D eigenvalue weighted by atomic mass is 10.2. The number of ether oxygens (including phenoxy) is 1. The van der Waals surface area contributed by atoms with Gasteiger partial charge in [-0.2, -0.15) is 4.31 Å². The average Bonchev–Trinajstić information content (AvgIpc) is 3.25. The molecule has 0 unspecified atom stereocenters. The highest BCUT2D eigenvalue weighted by atomic mass is 32.2. The highest BCUT2D eigenvalue weighted by Gasteiger charge is 2.27. The summed E-state index contributed by atoms with van der Waals surface area (Å²) in [6.07, 6.45) is 0. The van der Waals surface area contributed by atoms with Gasteiger partial charge in [0, 0.05) is 44.8 Å². The van der Waals surface area contributed by atoms with Gasteiger partial charge in [-0.15, -0.1) is 10.2 Å². The largest absolute Gasteiger partial charge is 0.412 e. The normalized spacial score (nSPS) is 19.4. The number of carbonyl (C=O) groups is 1. The molecule has 3 heterocycles. The molecule has 0 spiro atoms. The van der Waals surface area contributed by atoms with Gasteiger partial charge < -0.3 is 19.0 Å². The van der Waals surface area contributed by atoms with Crippen LogP contribution in [0.25, 0.3) is 11.5 Å². The predicted molar refractivity (Wildman–Crippen MR) is 103 cm³/mol. The van der Waals surface area contributed by atoms with Crippen molar-refractivity contribution in [3.63, 3.8) is 0 Å². The molecular weight excluding hydrogens is 398 g/mol. The first kappa shape index (κ1) is 20.0. The zero-order chi connectivity index (χ0) is 20.4. The molecule has 2 fully saturated rings. The second kappa shape index (κ2) is 8.19. The first-order valence-corrected chi connectivity index (χ1v) is 10.9. The summed E-state index contributed by atoms with van der Waals surface area (Å²) in [6.45, 7) is 4.28. The lowest BCUT2D eigenvalue weighted by molar-refractivity contribution is 0.0625. The maximum absolute atomic E-state index is 12.7. The number of carbonyl (C=O) groups excluding carboxylic acids is 1. The fourth-order valence-electron chi connectivity index (χ4n) is 3.28. The number of likely N-dealkylation sites (N-methyl/N-ethyl adjacent to an activating group) is 1. The van der Waals surface area contributed by atoms with Crippen LogP contribution in [0.1, 0.15) is 10.7 Å². The summed E-state index contributed by atoms with van der Waals surface area (Å²) >= 11 is 0. The molecule has 1 aromatic carbocycles. The van der Waals surface area contributed by atoms with Gasteiger partial charge in [0.15, 0.2) is 0 Å². The number of benzene rings is 1. The van der Waals surface area contributed by atoms with Gasteiger partial charge in [-0.1, -0.05) is 0 Å². The molecule has 0 N–H and O–H groups in total. The van der Waals surface area contributed by atoms with Crippen molar-refractivity contribution in [2.24, 2.45) is 0 Å². The molecule has 0 radical (unpaired) electrons. The van der Waals surface area contributed by atoms with Crippen molar-refractivity contribution in [1.29, 1.82) is 0 Å². The van der Waals surface area contributed by atoms with E-state index in [1.54, 1.807) is 17.0 Å². The smallest absolute Gasteiger partial charge is 0.311 e. The zero-order valence-electron chi connectivity index (χ0n) is 16.2. The van der Waals surface area contributed by atoms with E-state index in [2.05, 4.69) is 15.1 Å². The van der Waals surface area contributed by atoms with Crippen LogP contribution in [-0.2, 0) is 14.8 Å². The van der Waals surface area contributed by atoms with E-state index < -0.39 is 10.0 Å². The van der Waals surface area contributed by atoms with Crippen LogP contribution in [0.4, 0.5) is 0 Å². The van der Waals surface area contributed by atoms with Gasteiger partial charge in [0.05, 0.1) is 18.1 Å². The summed E-state index contributed by atoms with van der Waals surface area (Å²) in [4.78, 5) is 16.6. The second-order valence-electron chi connectivity index (χ2n) is 7.05. The highest BCUT2D eigenvalue weighted by Crippen LogP contribution is 2.23. The number of rotatable bonds is 4. The Kier molecular flexibility index (Phi) is 5.63. The van der Waals surface area contributed by atoms with E-state index in [-0.39, 0.29) is 22.6 Å². The lowest BCUT2D eigenvalue weighted by Crippen LogP contribution is -2.47. The molecule has 156 valence electrons. The second-order valence-corrected chi connectivity index (χ2v) is 8.99. The molecule has 0 saturated carbocycles. The quantitative estimate of drug-likeness (QED) is 0.686. The van der Waals surface area contributed by atoms with E-state index in [4.69, 9.17) is 9.15 Å². The maximum Gasteiger partial charge on any atom is 0.311 e. The SMILES string of the molecule is CN1CCN(C(=O)c2nnc(-c3ccc(S(=O)(=O)N4CCOCC4)cc3)o2)CC1. The van der Waals surface area contributed by atoms with Crippen molar-refractivity contribution < 1.29 is 22.4 Å². The molecule has 0 atom stereocenters. The Morgan fingerprint density at radius 1 is 0.966 bits per heavy atom. The number of hydrogen-bond acceptors (Lipinski definition) is 8. The van der Waals surface area contributed by atoms with Crippen LogP contribution in [-0.4, -0.2) is 98.2 Å². The van der Waals surface area contributed by atoms with Crippen molar-refractivity contribution in [1.82, 2.24) is 24.3 Å². The van der Waals surface area contributed by atoms with E-state index in [0.717, 1.165) is 13.1 Å². The summed E-state index contributed by atoms with van der Waals surface area (Å²) < 4.78 is 37.6. The molecule has 2 aliphatic heterocycles. The molecule has 29 heavy (non-hydrogen) atoms. The number of aromatic nitrogens is 2. The number of piperazine rings is 1. The summed E-state index contributed by atoms with van der Waals surface area (Å²) in [7, 11) is -1.56. The van der Waals surface area contributed by atoms with Crippen molar-refractivity contribution in [2.45, 2.75) is 4.90 Å². The van der Waals surface area contributed by atoms with Gasteiger partial charge >= 0.3 is 11.8 Å². The van der Waals surface area contributed by atoms with Crippen LogP contribution < -0.4 is 0 Å². The molecule has 2 aliphatic rings. The number of hydrogen-bond donors (Lipinski definition) is 0. The summed E-state index contributed by atoms with van der Waals surface area (Å²) in [5.41, 5.74) is 0.552. The minimum atomic E-state index is -3.57. The van der Waals surface area contributed by atoms with Crippen LogP contribution in [0.2, 0.25) is 0 Å². The van der Waals surface area contributed by atoms with Crippen molar-refractivity contribution in [3.8, 4) is 11.5 Å². The van der Waals surface area contributed by atoms with E-state index in [9.17, 15) is 13.2 Å². The Bertz CT molecular complexity index is 961. The van der Waals surface area contributed by atoms with E-state index in [1.807, 2.05) is 7.05 Å². The van der Waals surface area contributed by atoms with Gasteiger partial charge in [0.25, 0.3) is 0 Å². The van der Waals surface area contributed by atoms with Gasteiger partial charge in [-0.05, 0) is 31.3 Å². The van der Waals surface area contributed by atoms with Crippen LogP contribution in [0, 0.1) is 0 Å². The Labute approximate surface area is 169 Å². The van der Waals surface area contributed by atoms with E-state index in [0.29, 0.717) is 45.0 Å². The third kappa shape index (κ3) is 4.17. The number of sulfonamides is 1. The Hall–Kier alpha value is -2.34. The van der Waals surface area contributed by atoms with Gasteiger partial charge in [-0.3, -0.25) is 4.79 Å². The number of nitrogens with zero attached hydrogens (tertiary/aromatic N) is 5. The van der Waals surface area contributed by atoms with Crippen molar-refractivity contribution in [2.75, 3.05) is 59.5 Å². The highest BCUT2D eigenvalue weighted by molar-refractivity contribution is 7.89. The molecule has 0 bridgehead atoms. The Balaban J connectivity index is 1.48. The zero-order valence-corrected chi connectivity index (χ0v) is 17.0. The third-order valence-corrected chi connectivity index (χ3v) is 7.02. The standard InChI is InChI=1S/C18H23N5O5S/c1-21-6-8-22(9-7-21)18(24)17-20-19-16(28-17)14-2-4-15(5-3-14)29(25,26)23-10-12-27-13-11-23/h2-5H,6-13H2,1H3. The van der Waals surface area contributed by atoms with Gasteiger partial charge in [-0.25, -0.2) is 8.42 Å². The minimum absolute atomic E-state index is 0.0606. The Morgan fingerprint density at radius 3 is 2.28 bits per heavy atom. The lowest BCUT2D eigenvalue weighted by Gasteiger charge is -2.31. The minimum Gasteiger partial charge on any atom is -0.412 e. The average molecular weight is 421 g/mol. The number of amides is 1. The monoisotopic (exact) mass is 421 g/mol. The summed E-state index contributed by atoms with van der Waals surface area (Å²) in [5, 5.41) is 7.82. The molecule has 2 saturated heterocycles. The van der Waals surface area contributed by atoms with Crippen LogP contribution in [0.15, 0.2) is 33.6 Å². The fourth-order valence-corrected chi connectivity index (χ4v) is 4.68. The van der Waals surface area contributed by atoms with E-state index in [1.165, 1.54) is 16.4 Å². The maximum atomic E-state index is 12.7. The molecular formula is C18H23N5O5S. The molecule has 1 amide bonds.